The van der Waals surface area contributed by atoms with Crippen LogP contribution in [0.1, 0.15) is 63.4 Å². The summed E-state index contributed by atoms with van der Waals surface area (Å²) in [6.45, 7) is 0.761. The van der Waals surface area contributed by atoms with Gasteiger partial charge in [0.05, 0.1) is 11.7 Å². The minimum absolute atomic E-state index is 0.0215. The highest BCUT2D eigenvalue weighted by atomic mass is 35.5. The molecule has 0 radical (unpaired) electrons. The van der Waals surface area contributed by atoms with E-state index in [1.807, 2.05) is 0 Å². The standard InChI is InChI=1S/C21H31ClN2O3S/c22-19-10-6-8-17(14-19)16-28(26,27)24-13-7-9-18(15-24)21(25)23-20-11-4-2-1-3-5-12-20/h6,8,10,14,18,20H,1-5,7,9,11-13,15-16H2,(H,23,25)/t18-/m1/s1. The lowest BCUT2D eigenvalue weighted by atomic mass is 9.94. The second-order valence-electron chi connectivity index (χ2n) is 8.13. The van der Waals surface area contributed by atoms with Crippen LogP contribution in [0, 0.1) is 5.92 Å². The quantitative estimate of drug-likeness (QED) is 0.770. The molecule has 1 aromatic carbocycles. The monoisotopic (exact) mass is 426 g/mol. The smallest absolute Gasteiger partial charge is 0.224 e. The molecule has 5 nitrogen and oxygen atoms in total. The lowest BCUT2D eigenvalue weighted by molar-refractivity contribution is -0.126. The molecule has 156 valence electrons. The first-order chi connectivity index (χ1) is 13.4. The summed E-state index contributed by atoms with van der Waals surface area (Å²) in [7, 11) is -3.47. The van der Waals surface area contributed by atoms with Crippen molar-refractivity contribution in [3.8, 4) is 0 Å². The largest absolute Gasteiger partial charge is 0.353 e. The molecular formula is C21H31ClN2O3S. The van der Waals surface area contributed by atoms with Gasteiger partial charge in [-0.25, -0.2) is 12.7 Å². The number of carbonyl (C=O) groups is 1. The Labute approximate surface area is 173 Å². The second kappa shape index (κ2) is 10.1. The lowest BCUT2D eigenvalue weighted by Crippen LogP contribution is -2.47. The number of piperidine rings is 1. The summed E-state index contributed by atoms with van der Waals surface area (Å²) in [5.74, 6) is -0.314. The normalized spacial score (nSPS) is 23.0. The van der Waals surface area contributed by atoms with Crippen molar-refractivity contribution in [1.82, 2.24) is 9.62 Å². The molecule has 28 heavy (non-hydrogen) atoms. The van der Waals surface area contributed by atoms with Crippen LogP contribution >= 0.6 is 11.6 Å². The van der Waals surface area contributed by atoms with Crippen molar-refractivity contribution >= 4 is 27.5 Å². The molecule has 0 spiro atoms. The summed E-state index contributed by atoms with van der Waals surface area (Å²) in [6, 6.07) is 7.18. The van der Waals surface area contributed by atoms with Gasteiger partial charge in [0.1, 0.15) is 0 Å². The topological polar surface area (TPSA) is 66.5 Å². The van der Waals surface area contributed by atoms with Crippen LogP contribution in [0.5, 0.6) is 0 Å². The Kier molecular flexibility index (Phi) is 7.77. The molecule has 1 saturated carbocycles. The van der Waals surface area contributed by atoms with Gasteiger partial charge in [-0.2, -0.15) is 0 Å². The average molecular weight is 427 g/mol. The van der Waals surface area contributed by atoms with E-state index < -0.39 is 10.0 Å². The third-order valence-electron chi connectivity index (χ3n) is 5.84. The fourth-order valence-corrected chi connectivity index (χ4v) is 6.07. The molecular weight excluding hydrogens is 396 g/mol. The number of sulfonamides is 1. The number of hydrogen-bond donors (Lipinski definition) is 1. The van der Waals surface area contributed by atoms with Gasteiger partial charge in [-0.15, -0.1) is 0 Å². The molecule has 1 N–H and O–H groups in total. The van der Waals surface area contributed by atoms with Gasteiger partial charge in [0.25, 0.3) is 0 Å². The Morgan fingerprint density at radius 1 is 1.07 bits per heavy atom. The van der Waals surface area contributed by atoms with Crippen LogP contribution < -0.4 is 5.32 Å². The number of carbonyl (C=O) groups excluding carboxylic acids is 1. The van der Waals surface area contributed by atoms with Crippen LogP contribution in [-0.4, -0.2) is 37.8 Å². The zero-order valence-corrected chi connectivity index (χ0v) is 18.0. The van der Waals surface area contributed by atoms with E-state index in [1.165, 1.54) is 23.6 Å². The van der Waals surface area contributed by atoms with Crippen LogP contribution in [0.3, 0.4) is 0 Å². The van der Waals surface area contributed by atoms with Crippen LogP contribution in [0.4, 0.5) is 0 Å². The first-order valence-electron chi connectivity index (χ1n) is 10.5. The maximum absolute atomic E-state index is 12.9. The van der Waals surface area contributed by atoms with E-state index in [0.29, 0.717) is 17.1 Å². The summed E-state index contributed by atoms with van der Waals surface area (Å²) in [4.78, 5) is 12.8. The van der Waals surface area contributed by atoms with Gasteiger partial charge < -0.3 is 5.32 Å². The van der Waals surface area contributed by atoms with E-state index >= 15 is 0 Å². The lowest BCUT2D eigenvalue weighted by Gasteiger charge is -2.32. The highest BCUT2D eigenvalue weighted by molar-refractivity contribution is 7.88. The summed E-state index contributed by atoms with van der Waals surface area (Å²) >= 11 is 5.98. The van der Waals surface area contributed by atoms with E-state index in [4.69, 9.17) is 11.6 Å². The minimum atomic E-state index is -3.47. The third-order valence-corrected chi connectivity index (χ3v) is 7.89. The van der Waals surface area contributed by atoms with Gasteiger partial charge in [0.2, 0.25) is 15.9 Å². The molecule has 2 fully saturated rings. The van der Waals surface area contributed by atoms with Gasteiger partial charge >= 0.3 is 0 Å². The molecule has 0 aromatic heterocycles. The van der Waals surface area contributed by atoms with E-state index in [1.54, 1.807) is 24.3 Å². The summed E-state index contributed by atoms with van der Waals surface area (Å²) in [5, 5.41) is 3.74. The Morgan fingerprint density at radius 3 is 2.50 bits per heavy atom. The maximum atomic E-state index is 12.9. The molecule has 3 rings (SSSR count). The van der Waals surface area contributed by atoms with Gasteiger partial charge in [-0.05, 0) is 43.4 Å². The molecule has 1 amide bonds. The maximum Gasteiger partial charge on any atom is 0.224 e. The van der Waals surface area contributed by atoms with Gasteiger partial charge in [0, 0.05) is 24.2 Å². The Bertz CT molecular complexity index is 761. The van der Waals surface area contributed by atoms with Crippen molar-refractivity contribution in [2.75, 3.05) is 13.1 Å². The number of halogens is 1. The van der Waals surface area contributed by atoms with E-state index in [-0.39, 0.29) is 30.2 Å². The van der Waals surface area contributed by atoms with E-state index in [0.717, 1.165) is 38.5 Å². The highest BCUT2D eigenvalue weighted by Crippen LogP contribution is 2.24. The molecule has 2 aliphatic rings. The van der Waals surface area contributed by atoms with Crippen molar-refractivity contribution in [3.05, 3.63) is 34.9 Å². The highest BCUT2D eigenvalue weighted by Gasteiger charge is 2.33. The number of rotatable bonds is 5. The molecule has 1 aliphatic carbocycles. The second-order valence-corrected chi connectivity index (χ2v) is 10.5. The van der Waals surface area contributed by atoms with Gasteiger partial charge in [0.15, 0.2) is 0 Å². The zero-order chi connectivity index (χ0) is 20.0. The molecule has 1 saturated heterocycles. The average Bonchev–Trinajstić information content (AvgIpc) is 2.63. The predicted octanol–water partition coefficient (Wildman–Crippen LogP) is 4.11. The SMILES string of the molecule is O=C(NC1CCCCCCC1)[C@@H]1CCCN(S(=O)(=O)Cc2cccc(Cl)c2)C1. The fraction of sp³-hybridized carbons (Fsp3) is 0.667. The summed E-state index contributed by atoms with van der Waals surface area (Å²) in [6.07, 6.45) is 9.65. The number of nitrogens with one attached hydrogen (secondary N) is 1. The first kappa shape index (κ1) is 21.6. The predicted molar refractivity (Wildman–Crippen MR) is 113 cm³/mol. The van der Waals surface area contributed by atoms with E-state index in [2.05, 4.69) is 5.32 Å². The summed E-state index contributed by atoms with van der Waals surface area (Å²) < 4.78 is 27.2. The molecule has 7 heteroatoms. The number of benzene rings is 1. The molecule has 1 aromatic rings. The minimum Gasteiger partial charge on any atom is -0.353 e. The Hall–Kier alpha value is -1.11. The van der Waals surface area contributed by atoms with Gasteiger partial charge in [-0.3, -0.25) is 4.79 Å². The van der Waals surface area contributed by atoms with Crippen LogP contribution in [0.2, 0.25) is 5.02 Å². The molecule has 1 heterocycles. The molecule has 0 unspecified atom stereocenters. The van der Waals surface area contributed by atoms with Crippen molar-refractivity contribution < 1.29 is 13.2 Å². The van der Waals surface area contributed by atoms with Crippen molar-refractivity contribution in [1.29, 1.82) is 0 Å². The van der Waals surface area contributed by atoms with E-state index in [9.17, 15) is 13.2 Å². The fourth-order valence-electron chi connectivity index (χ4n) is 4.26. The van der Waals surface area contributed by atoms with Crippen LogP contribution in [-0.2, 0) is 20.6 Å². The zero-order valence-electron chi connectivity index (χ0n) is 16.4. The van der Waals surface area contributed by atoms with Crippen molar-refractivity contribution in [3.63, 3.8) is 0 Å². The number of hydrogen-bond acceptors (Lipinski definition) is 3. The number of nitrogens with zero attached hydrogens (tertiary/aromatic N) is 1. The first-order valence-corrected chi connectivity index (χ1v) is 12.5. The van der Waals surface area contributed by atoms with Gasteiger partial charge in [-0.1, -0.05) is 55.8 Å². The molecule has 1 aliphatic heterocycles. The van der Waals surface area contributed by atoms with Crippen LogP contribution in [0.25, 0.3) is 0 Å². The van der Waals surface area contributed by atoms with Crippen molar-refractivity contribution in [2.24, 2.45) is 5.92 Å². The summed E-state index contributed by atoms with van der Waals surface area (Å²) in [5.41, 5.74) is 0.675. The molecule has 1 atom stereocenters. The third kappa shape index (κ3) is 6.19. The molecule has 0 bridgehead atoms. The van der Waals surface area contributed by atoms with Crippen molar-refractivity contribution in [2.45, 2.75) is 69.6 Å². The Morgan fingerprint density at radius 2 is 1.79 bits per heavy atom. The Balaban J connectivity index is 1.58. The number of amides is 1. The van der Waals surface area contributed by atoms with Crippen LogP contribution in [0.15, 0.2) is 24.3 Å².